The molecule has 0 spiro atoms. The first kappa shape index (κ1) is 16.0. The Hall–Kier alpha value is -1.85. The van der Waals surface area contributed by atoms with E-state index in [-0.39, 0.29) is 5.91 Å². The van der Waals surface area contributed by atoms with Gasteiger partial charge >= 0.3 is 0 Å². The van der Waals surface area contributed by atoms with E-state index in [1.165, 1.54) is 17.4 Å². The van der Waals surface area contributed by atoms with Gasteiger partial charge in [0.2, 0.25) is 5.91 Å². The molecule has 5 heteroatoms. The standard InChI is InChI=1S/C18H22N2O2S/c1-20-10-2-5-14(18(20)16-7-4-12-23-16)13-19-17(21)9-8-15-6-3-11-22-15/h3-4,6-9,11-12,14,18H,2,5,10,13H2,1H3,(H,19,21). The molecule has 2 atom stereocenters. The van der Waals surface area contributed by atoms with Crippen molar-refractivity contribution in [2.24, 2.45) is 5.92 Å². The fourth-order valence-corrected chi connectivity index (χ4v) is 4.20. The van der Waals surface area contributed by atoms with Crippen LogP contribution in [-0.2, 0) is 4.79 Å². The molecule has 4 nitrogen and oxygen atoms in total. The third-order valence-corrected chi connectivity index (χ3v) is 5.27. The average molecular weight is 330 g/mol. The van der Waals surface area contributed by atoms with Crippen LogP contribution in [-0.4, -0.2) is 30.9 Å². The zero-order chi connectivity index (χ0) is 16.1. The predicted octanol–water partition coefficient (Wildman–Crippen LogP) is 3.55. The second-order valence-corrected chi connectivity index (χ2v) is 6.92. The van der Waals surface area contributed by atoms with E-state index in [4.69, 9.17) is 4.42 Å². The smallest absolute Gasteiger partial charge is 0.244 e. The zero-order valence-corrected chi connectivity index (χ0v) is 14.1. The summed E-state index contributed by atoms with van der Waals surface area (Å²) in [6.45, 7) is 1.82. The molecule has 1 aliphatic heterocycles. The van der Waals surface area contributed by atoms with Gasteiger partial charge in [-0.15, -0.1) is 11.3 Å². The second kappa shape index (κ2) is 7.62. The van der Waals surface area contributed by atoms with Crippen LogP contribution in [0.15, 0.2) is 46.4 Å². The Balaban J connectivity index is 1.58. The van der Waals surface area contributed by atoms with Gasteiger partial charge in [-0.05, 0) is 62.0 Å². The summed E-state index contributed by atoms with van der Waals surface area (Å²) in [6, 6.07) is 8.33. The number of hydrogen-bond donors (Lipinski definition) is 1. The largest absolute Gasteiger partial charge is 0.465 e. The van der Waals surface area contributed by atoms with Gasteiger partial charge in [-0.3, -0.25) is 9.69 Å². The number of nitrogens with one attached hydrogen (secondary N) is 1. The van der Waals surface area contributed by atoms with Gasteiger partial charge in [0.1, 0.15) is 5.76 Å². The minimum absolute atomic E-state index is 0.0699. The molecule has 122 valence electrons. The Labute approximate surface area is 140 Å². The number of thiophene rings is 1. The first-order valence-electron chi connectivity index (χ1n) is 7.97. The maximum Gasteiger partial charge on any atom is 0.244 e. The third-order valence-electron chi connectivity index (χ3n) is 4.32. The van der Waals surface area contributed by atoms with Crippen molar-refractivity contribution in [2.45, 2.75) is 18.9 Å². The molecule has 0 bridgehead atoms. The summed E-state index contributed by atoms with van der Waals surface area (Å²) < 4.78 is 5.19. The highest BCUT2D eigenvalue weighted by Crippen LogP contribution is 2.36. The number of hydrogen-bond acceptors (Lipinski definition) is 4. The maximum atomic E-state index is 12.0. The molecular weight excluding hydrogens is 308 g/mol. The summed E-state index contributed by atoms with van der Waals surface area (Å²) in [5.74, 6) is 1.07. The topological polar surface area (TPSA) is 45.5 Å². The lowest BCUT2D eigenvalue weighted by molar-refractivity contribution is -0.116. The van der Waals surface area contributed by atoms with E-state index < -0.39 is 0 Å². The van der Waals surface area contributed by atoms with Crippen LogP contribution in [0.1, 0.15) is 29.5 Å². The van der Waals surface area contributed by atoms with Crippen molar-refractivity contribution in [2.75, 3.05) is 20.1 Å². The number of furan rings is 1. The van der Waals surface area contributed by atoms with Crippen LogP contribution in [0.5, 0.6) is 0 Å². The van der Waals surface area contributed by atoms with Gasteiger partial charge in [0.25, 0.3) is 0 Å². The Morgan fingerprint density at radius 1 is 1.48 bits per heavy atom. The first-order chi connectivity index (χ1) is 11.2. The lowest BCUT2D eigenvalue weighted by Crippen LogP contribution is -2.41. The highest BCUT2D eigenvalue weighted by molar-refractivity contribution is 7.10. The predicted molar refractivity (Wildman–Crippen MR) is 93.2 cm³/mol. The summed E-state index contributed by atoms with van der Waals surface area (Å²) in [4.78, 5) is 15.8. The maximum absolute atomic E-state index is 12.0. The summed E-state index contributed by atoms with van der Waals surface area (Å²) in [5.41, 5.74) is 0. The molecule has 1 saturated heterocycles. The fraction of sp³-hybridized carbons (Fsp3) is 0.389. The lowest BCUT2D eigenvalue weighted by Gasteiger charge is -2.38. The molecule has 2 unspecified atom stereocenters. The van der Waals surface area contributed by atoms with Gasteiger partial charge in [0, 0.05) is 23.5 Å². The second-order valence-electron chi connectivity index (χ2n) is 5.94. The lowest BCUT2D eigenvalue weighted by atomic mass is 9.88. The minimum Gasteiger partial charge on any atom is -0.465 e. The van der Waals surface area contributed by atoms with Crippen molar-refractivity contribution in [3.8, 4) is 0 Å². The molecule has 23 heavy (non-hydrogen) atoms. The SMILES string of the molecule is CN1CCCC(CNC(=O)C=Cc2ccco2)C1c1cccs1. The summed E-state index contributed by atoms with van der Waals surface area (Å²) in [6.07, 6.45) is 7.15. The molecule has 1 amide bonds. The molecule has 0 aromatic carbocycles. The van der Waals surface area contributed by atoms with E-state index in [1.54, 1.807) is 29.7 Å². The van der Waals surface area contributed by atoms with Crippen molar-refractivity contribution < 1.29 is 9.21 Å². The molecule has 3 rings (SSSR count). The fourth-order valence-electron chi connectivity index (χ4n) is 3.22. The van der Waals surface area contributed by atoms with Crippen LogP contribution in [0.25, 0.3) is 6.08 Å². The highest BCUT2D eigenvalue weighted by atomic mass is 32.1. The Morgan fingerprint density at radius 2 is 2.39 bits per heavy atom. The molecule has 0 radical (unpaired) electrons. The molecule has 1 N–H and O–H groups in total. The average Bonchev–Trinajstić information content (AvgIpc) is 3.24. The number of likely N-dealkylation sites (tertiary alicyclic amines) is 1. The van der Waals surface area contributed by atoms with Gasteiger partial charge < -0.3 is 9.73 Å². The number of carbonyl (C=O) groups is 1. The van der Waals surface area contributed by atoms with Crippen LogP contribution in [0.3, 0.4) is 0 Å². The van der Waals surface area contributed by atoms with Crippen LogP contribution in [0.4, 0.5) is 0 Å². The normalized spacial score (nSPS) is 22.5. The molecular formula is C18H22N2O2S. The Morgan fingerprint density at radius 3 is 3.13 bits per heavy atom. The van der Waals surface area contributed by atoms with Crippen LogP contribution in [0.2, 0.25) is 0 Å². The molecule has 1 fully saturated rings. The summed E-state index contributed by atoms with van der Waals surface area (Å²) in [7, 11) is 2.18. The molecule has 3 heterocycles. The zero-order valence-electron chi connectivity index (χ0n) is 13.3. The van der Waals surface area contributed by atoms with Crippen molar-refractivity contribution in [3.05, 3.63) is 52.6 Å². The van der Waals surface area contributed by atoms with Gasteiger partial charge in [-0.25, -0.2) is 0 Å². The number of rotatable bonds is 5. The van der Waals surface area contributed by atoms with Crippen LogP contribution < -0.4 is 5.32 Å². The molecule has 0 aliphatic carbocycles. The van der Waals surface area contributed by atoms with Gasteiger partial charge in [-0.2, -0.15) is 0 Å². The quantitative estimate of drug-likeness (QED) is 0.853. The molecule has 2 aromatic rings. The van der Waals surface area contributed by atoms with Crippen molar-refractivity contribution in [1.82, 2.24) is 10.2 Å². The Bertz CT molecular complexity index is 634. The number of nitrogens with zero attached hydrogens (tertiary/aromatic N) is 1. The van der Waals surface area contributed by atoms with E-state index >= 15 is 0 Å². The van der Waals surface area contributed by atoms with E-state index in [1.807, 2.05) is 6.07 Å². The van der Waals surface area contributed by atoms with Crippen molar-refractivity contribution in [1.29, 1.82) is 0 Å². The molecule has 1 aliphatic rings. The van der Waals surface area contributed by atoms with Gasteiger partial charge in [0.05, 0.1) is 6.26 Å². The number of piperidine rings is 1. The third kappa shape index (κ3) is 4.12. The van der Waals surface area contributed by atoms with Gasteiger partial charge in [0.15, 0.2) is 0 Å². The number of amides is 1. The summed E-state index contributed by atoms with van der Waals surface area (Å²) >= 11 is 1.80. The van der Waals surface area contributed by atoms with E-state index in [0.717, 1.165) is 13.0 Å². The van der Waals surface area contributed by atoms with E-state index in [0.29, 0.717) is 24.3 Å². The van der Waals surface area contributed by atoms with Gasteiger partial charge in [-0.1, -0.05) is 6.07 Å². The monoisotopic (exact) mass is 330 g/mol. The molecule has 0 saturated carbocycles. The van der Waals surface area contributed by atoms with Crippen molar-refractivity contribution in [3.63, 3.8) is 0 Å². The molecule has 2 aromatic heterocycles. The van der Waals surface area contributed by atoms with Crippen LogP contribution in [0, 0.1) is 5.92 Å². The van der Waals surface area contributed by atoms with E-state index in [9.17, 15) is 4.79 Å². The first-order valence-corrected chi connectivity index (χ1v) is 8.85. The Kier molecular flexibility index (Phi) is 5.31. The van der Waals surface area contributed by atoms with Crippen LogP contribution >= 0.6 is 11.3 Å². The highest BCUT2D eigenvalue weighted by Gasteiger charge is 2.31. The van der Waals surface area contributed by atoms with E-state index in [2.05, 4.69) is 34.8 Å². The minimum atomic E-state index is -0.0699. The number of carbonyl (C=O) groups excluding carboxylic acids is 1. The summed E-state index contributed by atoms with van der Waals surface area (Å²) in [5, 5.41) is 5.16. The van der Waals surface area contributed by atoms with Crippen molar-refractivity contribution >= 4 is 23.3 Å².